The van der Waals surface area contributed by atoms with E-state index in [1.807, 2.05) is 0 Å². The van der Waals surface area contributed by atoms with E-state index in [2.05, 4.69) is 4.72 Å². The fourth-order valence-electron chi connectivity index (χ4n) is 3.02. The highest BCUT2D eigenvalue weighted by Crippen LogP contribution is 2.27. The summed E-state index contributed by atoms with van der Waals surface area (Å²) in [5.41, 5.74) is 6.18. The Kier molecular flexibility index (Phi) is 5.72. The smallest absolute Gasteiger partial charge is 0.240 e. The minimum Gasteiger partial charge on any atom is -0.329 e. The Bertz CT molecular complexity index is 622. The zero-order chi connectivity index (χ0) is 16.2. The largest absolute Gasteiger partial charge is 0.329 e. The first-order valence-electron chi connectivity index (χ1n) is 7.77. The first kappa shape index (κ1) is 17.1. The van der Waals surface area contributed by atoms with E-state index in [1.54, 1.807) is 12.1 Å². The number of rotatable bonds is 6. The molecule has 0 aromatic heterocycles. The third kappa shape index (κ3) is 4.15. The van der Waals surface area contributed by atoms with Crippen LogP contribution in [0.2, 0.25) is 0 Å². The summed E-state index contributed by atoms with van der Waals surface area (Å²) in [5.74, 6) is 0.143. The van der Waals surface area contributed by atoms with Gasteiger partial charge in [0.05, 0.1) is 4.90 Å². The number of carbonyl (C=O) groups is 1. The van der Waals surface area contributed by atoms with Gasteiger partial charge in [-0.1, -0.05) is 31.4 Å². The molecule has 1 aromatic carbocycles. The van der Waals surface area contributed by atoms with Gasteiger partial charge in [0.1, 0.15) is 0 Å². The molecule has 0 bridgehead atoms. The van der Waals surface area contributed by atoms with Gasteiger partial charge in [0.15, 0.2) is 5.78 Å². The van der Waals surface area contributed by atoms with Crippen molar-refractivity contribution in [1.29, 1.82) is 0 Å². The van der Waals surface area contributed by atoms with E-state index >= 15 is 0 Å². The molecular formula is C16H24N2O3S. The van der Waals surface area contributed by atoms with Crippen molar-refractivity contribution in [2.75, 3.05) is 6.54 Å². The second-order valence-corrected chi connectivity index (χ2v) is 7.66. The van der Waals surface area contributed by atoms with Crippen molar-refractivity contribution in [2.24, 2.45) is 11.7 Å². The Labute approximate surface area is 132 Å². The third-order valence-electron chi connectivity index (χ3n) is 4.33. The van der Waals surface area contributed by atoms with E-state index in [-0.39, 0.29) is 23.3 Å². The van der Waals surface area contributed by atoms with Crippen LogP contribution in [0.3, 0.4) is 0 Å². The standard InChI is InChI=1S/C16H24N2O3S/c1-12(19)14-8-5-9-15(10-14)22(20,21)18-16(11-17)13-6-3-2-4-7-13/h5,8-10,13,16,18H,2-4,6-7,11,17H2,1H3. The Hall–Kier alpha value is -1.24. The van der Waals surface area contributed by atoms with Crippen LogP contribution in [0.4, 0.5) is 0 Å². The molecule has 1 aliphatic carbocycles. The van der Waals surface area contributed by atoms with Gasteiger partial charge in [0.25, 0.3) is 0 Å². The van der Waals surface area contributed by atoms with Gasteiger partial charge in [-0.25, -0.2) is 13.1 Å². The highest BCUT2D eigenvalue weighted by Gasteiger charge is 2.27. The summed E-state index contributed by atoms with van der Waals surface area (Å²) in [6.07, 6.45) is 5.49. The molecule has 1 aromatic rings. The molecule has 0 aliphatic heterocycles. The number of ketones is 1. The van der Waals surface area contributed by atoms with Crippen LogP contribution < -0.4 is 10.5 Å². The van der Waals surface area contributed by atoms with E-state index in [0.29, 0.717) is 11.5 Å². The van der Waals surface area contributed by atoms with E-state index < -0.39 is 10.0 Å². The molecule has 122 valence electrons. The second-order valence-electron chi connectivity index (χ2n) is 5.95. The molecule has 22 heavy (non-hydrogen) atoms. The summed E-state index contributed by atoms with van der Waals surface area (Å²) < 4.78 is 27.8. The minimum atomic E-state index is -3.66. The Balaban J connectivity index is 2.18. The van der Waals surface area contributed by atoms with Crippen molar-refractivity contribution in [2.45, 2.75) is 50.0 Å². The van der Waals surface area contributed by atoms with Crippen molar-refractivity contribution in [3.8, 4) is 0 Å². The Morgan fingerprint density at radius 3 is 2.59 bits per heavy atom. The highest BCUT2D eigenvalue weighted by molar-refractivity contribution is 7.89. The molecule has 0 spiro atoms. The van der Waals surface area contributed by atoms with Crippen LogP contribution in [0, 0.1) is 5.92 Å². The van der Waals surface area contributed by atoms with Gasteiger partial charge in [0, 0.05) is 18.2 Å². The van der Waals surface area contributed by atoms with Crippen LogP contribution in [-0.4, -0.2) is 26.8 Å². The van der Waals surface area contributed by atoms with Gasteiger partial charge in [-0.15, -0.1) is 0 Å². The van der Waals surface area contributed by atoms with Crippen LogP contribution in [-0.2, 0) is 10.0 Å². The molecule has 1 aliphatic rings. The summed E-state index contributed by atoms with van der Waals surface area (Å²) >= 11 is 0. The average Bonchev–Trinajstić information content (AvgIpc) is 2.53. The summed E-state index contributed by atoms with van der Waals surface area (Å²) in [5, 5.41) is 0. The van der Waals surface area contributed by atoms with Gasteiger partial charge in [-0.2, -0.15) is 0 Å². The SMILES string of the molecule is CC(=O)c1cccc(S(=O)(=O)NC(CN)C2CCCCC2)c1. The van der Waals surface area contributed by atoms with Crippen LogP contribution in [0.1, 0.15) is 49.4 Å². The molecule has 5 nitrogen and oxygen atoms in total. The number of carbonyl (C=O) groups excluding carboxylic acids is 1. The fourth-order valence-corrected chi connectivity index (χ4v) is 4.39. The predicted molar refractivity (Wildman–Crippen MR) is 86.2 cm³/mol. The number of nitrogens with one attached hydrogen (secondary N) is 1. The molecule has 1 atom stereocenters. The van der Waals surface area contributed by atoms with Gasteiger partial charge in [-0.3, -0.25) is 4.79 Å². The van der Waals surface area contributed by atoms with E-state index in [1.165, 1.54) is 25.5 Å². The average molecular weight is 324 g/mol. The van der Waals surface area contributed by atoms with Crippen LogP contribution in [0.5, 0.6) is 0 Å². The molecule has 0 heterocycles. The van der Waals surface area contributed by atoms with Crippen molar-refractivity contribution in [1.82, 2.24) is 4.72 Å². The monoisotopic (exact) mass is 324 g/mol. The Morgan fingerprint density at radius 1 is 1.32 bits per heavy atom. The van der Waals surface area contributed by atoms with E-state index in [9.17, 15) is 13.2 Å². The molecule has 1 fully saturated rings. The van der Waals surface area contributed by atoms with Gasteiger partial charge in [0.2, 0.25) is 10.0 Å². The lowest BCUT2D eigenvalue weighted by molar-refractivity contribution is 0.101. The molecule has 1 unspecified atom stereocenters. The first-order chi connectivity index (χ1) is 10.4. The zero-order valence-corrected chi connectivity index (χ0v) is 13.7. The molecule has 3 N–H and O–H groups in total. The maximum atomic E-state index is 12.5. The van der Waals surface area contributed by atoms with Gasteiger partial charge in [-0.05, 0) is 37.8 Å². The second kappa shape index (κ2) is 7.35. The third-order valence-corrected chi connectivity index (χ3v) is 5.82. The van der Waals surface area contributed by atoms with Crippen molar-refractivity contribution < 1.29 is 13.2 Å². The highest BCUT2D eigenvalue weighted by atomic mass is 32.2. The minimum absolute atomic E-state index is 0.120. The molecular weight excluding hydrogens is 300 g/mol. The van der Waals surface area contributed by atoms with Crippen molar-refractivity contribution in [3.63, 3.8) is 0 Å². The summed E-state index contributed by atoms with van der Waals surface area (Å²) in [4.78, 5) is 11.5. The topological polar surface area (TPSA) is 89.3 Å². The van der Waals surface area contributed by atoms with Crippen LogP contribution >= 0.6 is 0 Å². The number of benzene rings is 1. The maximum Gasteiger partial charge on any atom is 0.240 e. The maximum absolute atomic E-state index is 12.5. The first-order valence-corrected chi connectivity index (χ1v) is 9.26. The summed E-state index contributed by atoms with van der Waals surface area (Å²) in [7, 11) is -3.66. The molecule has 6 heteroatoms. The lowest BCUT2D eigenvalue weighted by Gasteiger charge is -2.29. The number of hydrogen-bond donors (Lipinski definition) is 2. The normalized spacial score (nSPS) is 18.1. The molecule has 0 saturated heterocycles. The summed E-state index contributed by atoms with van der Waals surface area (Å²) in [6, 6.07) is 5.88. The molecule has 0 radical (unpaired) electrons. The van der Waals surface area contributed by atoms with Crippen molar-refractivity contribution in [3.05, 3.63) is 29.8 Å². The van der Waals surface area contributed by atoms with Crippen LogP contribution in [0.15, 0.2) is 29.2 Å². The van der Waals surface area contributed by atoms with E-state index in [4.69, 9.17) is 5.73 Å². The number of nitrogens with two attached hydrogens (primary N) is 1. The van der Waals surface area contributed by atoms with E-state index in [0.717, 1.165) is 25.7 Å². The fraction of sp³-hybridized carbons (Fsp3) is 0.562. The number of Topliss-reactive ketones (excluding diaryl/α,β-unsaturated/α-hetero) is 1. The van der Waals surface area contributed by atoms with Crippen molar-refractivity contribution >= 4 is 15.8 Å². The molecule has 2 rings (SSSR count). The lowest BCUT2D eigenvalue weighted by atomic mass is 9.84. The predicted octanol–water partition coefficient (Wildman–Crippen LogP) is 2.08. The Morgan fingerprint density at radius 2 is 2.00 bits per heavy atom. The quantitative estimate of drug-likeness (QED) is 0.784. The zero-order valence-electron chi connectivity index (χ0n) is 12.9. The van der Waals surface area contributed by atoms with Gasteiger partial charge < -0.3 is 5.73 Å². The molecule has 0 amide bonds. The number of sulfonamides is 1. The van der Waals surface area contributed by atoms with Gasteiger partial charge >= 0.3 is 0 Å². The lowest BCUT2D eigenvalue weighted by Crippen LogP contribution is -2.45. The molecule has 1 saturated carbocycles. The van der Waals surface area contributed by atoms with Crippen LogP contribution in [0.25, 0.3) is 0 Å². The number of hydrogen-bond acceptors (Lipinski definition) is 4. The summed E-state index contributed by atoms with van der Waals surface area (Å²) in [6.45, 7) is 1.71.